The number of imidazole rings is 1. The van der Waals surface area contributed by atoms with Gasteiger partial charge in [0, 0.05) is 12.6 Å². The van der Waals surface area contributed by atoms with Gasteiger partial charge in [-0.3, -0.25) is 0 Å². The number of benzene rings is 1. The number of carboxylic acids is 1. The molecule has 1 N–H and O–H groups in total. The molecule has 0 saturated carbocycles. The van der Waals surface area contributed by atoms with Crippen molar-refractivity contribution >= 4 is 17.6 Å². The van der Waals surface area contributed by atoms with Crippen molar-refractivity contribution in [3.63, 3.8) is 0 Å². The second-order valence-corrected chi connectivity index (χ2v) is 3.81. The maximum Gasteiger partial charge on any atom is 0.357 e. The lowest BCUT2D eigenvalue weighted by Gasteiger charge is -2.01. The van der Waals surface area contributed by atoms with Crippen molar-refractivity contribution in [1.29, 1.82) is 0 Å². The molecule has 1 aromatic heterocycles. The Morgan fingerprint density at radius 2 is 2.24 bits per heavy atom. The van der Waals surface area contributed by atoms with Gasteiger partial charge in [0.2, 0.25) is 0 Å². The molecule has 17 heavy (non-hydrogen) atoms. The summed E-state index contributed by atoms with van der Waals surface area (Å²) in [4.78, 5) is 14.7. The molecule has 6 heteroatoms. The highest BCUT2D eigenvalue weighted by atomic mass is 35.5. The van der Waals surface area contributed by atoms with Crippen molar-refractivity contribution < 1.29 is 14.3 Å². The summed E-state index contributed by atoms with van der Waals surface area (Å²) in [6.07, 6.45) is 0. The number of aromatic carboxylic acids is 1. The monoisotopic (exact) mass is 254 g/mol. The topological polar surface area (TPSA) is 55.1 Å². The van der Waals surface area contributed by atoms with E-state index in [2.05, 4.69) is 4.98 Å². The number of hydrogen-bond donors (Lipinski definition) is 1. The lowest BCUT2D eigenvalue weighted by molar-refractivity contribution is 0.0691. The molecule has 0 spiro atoms. The van der Waals surface area contributed by atoms with Crippen LogP contribution in [0.15, 0.2) is 24.3 Å². The first-order valence-corrected chi connectivity index (χ1v) is 5.10. The fourth-order valence-corrected chi connectivity index (χ4v) is 1.70. The largest absolute Gasteiger partial charge is 0.476 e. The van der Waals surface area contributed by atoms with Crippen LogP contribution < -0.4 is 0 Å². The van der Waals surface area contributed by atoms with Crippen molar-refractivity contribution in [2.75, 3.05) is 0 Å². The van der Waals surface area contributed by atoms with E-state index in [1.807, 2.05) is 0 Å². The zero-order valence-electron chi connectivity index (χ0n) is 8.82. The lowest BCUT2D eigenvalue weighted by atomic mass is 10.2. The number of nitrogens with zero attached hydrogens (tertiary/aromatic N) is 2. The molecule has 0 fully saturated rings. The Bertz CT molecular complexity index is 595. The summed E-state index contributed by atoms with van der Waals surface area (Å²) in [5.74, 6) is -1.32. The molecule has 1 heterocycles. The molecule has 0 bridgehead atoms. The van der Waals surface area contributed by atoms with Crippen LogP contribution in [-0.2, 0) is 7.05 Å². The van der Waals surface area contributed by atoms with E-state index in [4.69, 9.17) is 16.7 Å². The number of halogens is 2. The highest BCUT2D eigenvalue weighted by molar-refractivity contribution is 6.32. The summed E-state index contributed by atoms with van der Waals surface area (Å²) in [6, 6.07) is 5.72. The number of carboxylic acid groups (broad SMARTS) is 1. The third kappa shape index (κ3) is 2.01. The first-order valence-electron chi connectivity index (χ1n) is 4.72. The van der Waals surface area contributed by atoms with Crippen molar-refractivity contribution in [3.05, 3.63) is 40.9 Å². The van der Waals surface area contributed by atoms with Gasteiger partial charge in [0.25, 0.3) is 0 Å². The molecule has 2 rings (SSSR count). The molecule has 0 atom stereocenters. The van der Waals surface area contributed by atoms with Gasteiger partial charge in [0.05, 0.1) is 0 Å². The quantitative estimate of drug-likeness (QED) is 0.896. The average molecular weight is 255 g/mol. The van der Waals surface area contributed by atoms with Crippen LogP contribution in [0.2, 0.25) is 5.15 Å². The number of rotatable bonds is 2. The molecule has 0 unspecified atom stereocenters. The zero-order chi connectivity index (χ0) is 12.6. The lowest BCUT2D eigenvalue weighted by Crippen LogP contribution is -1.97. The number of hydrogen-bond acceptors (Lipinski definition) is 2. The van der Waals surface area contributed by atoms with Gasteiger partial charge in [-0.2, -0.15) is 0 Å². The van der Waals surface area contributed by atoms with E-state index in [1.165, 1.54) is 22.8 Å². The Labute approximate surface area is 101 Å². The van der Waals surface area contributed by atoms with E-state index in [0.29, 0.717) is 11.4 Å². The highest BCUT2D eigenvalue weighted by Gasteiger charge is 2.19. The predicted molar refractivity (Wildman–Crippen MR) is 60.6 cm³/mol. The van der Waals surface area contributed by atoms with E-state index >= 15 is 0 Å². The van der Waals surface area contributed by atoms with Gasteiger partial charge in [-0.15, -0.1) is 0 Å². The Hall–Kier alpha value is -1.88. The van der Waals surface area contributed by atoms with Crippen molar-refractivity contribution in [2.45, 2.75) is 0 Å². The molecule has 1 aromatic carbocycles. The maximum absolute atomic E-state index is 13.1. The van der Waals surface area contributed by atoms with Crippen LogP contribution in [0.5, 0.6) is 0 Å². The van der Waals surface area contributed by atoms with E-state index in [-0.39, 0.29) is 10.8 Å². The molecule has 0 saturated heterocycles. The Morgan fingerprint density at radius 1 is 1.53 bits per heavy atom. The van der Waals surface area contributed by atoms with Gasteiger partial charge in [-0.05, 0) is 12.1 Å². The van der Waals surface area contributed by atoms with E-state index < -0.39 is 11.8 Å². The summed E-state index contributed by atoms with van der Waals surface area (Å²) < 4.78 is 14.5. The van der Waals surface area contributed by atoms with E-state index in [0.717, 1.165) is 0 Å². The summed E-state index contributed by atoms with van der Waals surface area (Å²) in [6.45, 7) is 0. The van der Waals surface area contributed by atoms with Crippen LogP contribution in [-0.4, -0.2) is 20.6 Å². The van der Waals surface area contributed by atoms with Gasteiger partial charge in [-0.1, -0.05) is 23.7 Å². The van der Waals surface area contributed by atoms with Gasteiger partial charge in [0.15, 0.2) is 5.69 Å². The molecule has 88 valence electrons. The smallest absolute Gasteiger partial charge is 0.357 e. The van der Waals surface area contributed by atoms with Crippen molar-refractivity contribution in [1.82, 2.24) is 9.55 Å². The minimum atomic E-state index is -1.21. The van der Waals surface area contributed by atoms with Crippen LogP contribution in [0, 0.1) is 5.82 Å². The predicted octanol–water partition coefficient (Wildman–Crippen LogP) is 2.58. The molecule has 4 nitrogen and oxygen atoms in total. The summed E-state index contributed by atoms with van der Waals surface area (Å²) in [7, 11) is 1.57. The Balaban J connectivity index is 2.61. The summed E-state index contributed by atoms with van der Waals surface area (Å²) in [5.41, 5.74) is 0.232. The van der Waals surface area contributed by atoms with Gasteiger partial charge in [0.1, 0.15) is 16.8 Å². The van der Waals surface area contributed by atoms with Gasteiger partial charge < -0.3 is 9.67 Å². The molecular weight excluding hydrogens is 247 g/mol. The molecule has 0 amide bonds. The van der Waals surface area contributed by atoms with Crippen LogP contribution in [0.4, 0.5) is 4.39 Å². The van der Waals surface area contributed by atoms with Crippen LogP contribution in [0.25, 0.3) is 11.4 Å². The van der Waals surface area contributed by atoms with E-state index in [9.17, 15) is 9.18 Å². The first kappa shape index (κ1) is 11.6. The molecule has 2 aromatic rings. The van der Waals surface area contributed by atoms with Crippen molar-refractivity contribution in [2.24, 2.45) is 7.05 Å². The van der Waals surface area contributed by atoms with Crippen LogP contribution in [0.1, 0.15) is 10.5 Å². The number of aromatic nitrogens is 2. The van der Waals surface area contributed by atoms with Crippen LogP contribution >= 0.6 is 11.6 Å². The third-order valence-electron chi connectivity index (χ3n) is 2.31. The average Bonchev–Trinajstić information content (AvgIpc) is 2.56. The SMILES string of the molecule is Cn1c(-c2cccc(F)c2)nc(C(=O)O)c1Cl. The molecule has 0 radical (unpaired) electrons. The first-order chi connectivity index (χ1) is 8.00. The second kappa shape index (κ2) is 4.18. The minimum Gasteiger partial charge on any atom is -0.476 e. The summed E-state index contributed by atoms with van der Waals surface area (Å²) >= 11 is 5.82. The van der Waals surface area contributed by atoms with Crippen molar-refractivity contribution in [3.8, 4) is 11.4 Å². The molecule has 0 aliphatic heterocycles. The minimum absolute atomic E-state index is 0.0109. The number of carbonyl (C=O) groups is 1. The van der Waals surface area contributed by atoms with E-state index in [1.54, 1.807) is 13.1 Å². The highest BCUT2D eigenvalue weighted by Crippen LogP contribution is 2.25. The molecular formula is C11H8ClFN2O2. The van der Waals surface area contributed by atoms with Gasteiger partial charge in [-0.25, -0.2) is 14.2 Å². The molecule has 0 aliphatic rings. The van der Waals surface area contributed by atoms with Gasteiger partial charge >= 0.3 is 5.97 Å². The third-order valence-corrected chi connectivity index (χ3v) is 2.74. The van der Waals surface area contributed by atoms with Crippen LogP contribution in [0.3, 0.4) is 0 Å². The standard InChI is InChI=1S/C11H8ClFN2O2/c1-15-9(12)8(11(16)17)14-10(15)6-3-2-4-7(13)5-6/h2-5H,1H3,(H,16,17). The zero-order valence-corrected chi connectivity index (χ0v) is 9.57. The normalized spacial score (nSPS) is 10.5. The maximum atomic E-state index is 13.1. The molecule has 0 aliphatic carbocycles. The second-order valence-electron chi connectivity index (χ2n) is 3.45. The fourth-order valence-electron chi connectivity index (χ4n) is 1.50. The summed E-state index contributed by atoms with van der Waals surface area (Å²) in [5, 5.41) is 8.88. The Morgan fingerprint density at radius 3 is 2.76 bits per heavy atom. The fraction of sp³-hybridized carbons (Fsp3) is 0.0909. The Kier molecular flexibility index (Phi) is 2.85.